The highest BCUT2D eigenvalue weighted by Gasteiger charge is 2.18. The lowest BCUT2D eigenvalue weighted by Crippen LogP contribution is -2.34. The van der Waals surface area contributed by atoms with E-state index in [4.69, 9.17) is 5.26 Å². The molecule has 1 unspecified atom stereocenters. The number of carbonyl (C=O) groups is 1. The van der Waals surface area contributed by atoms with Gasteiger partial charge in [0.25, 0.3) is 5.91 Å². The van der Waals surface area contributed by atoms with Crippen molar-refractivity contribution in [3.63, 3.8) is 0 Å². The molecule has 4 nitrogen and oxygen atoms in total. The van der Waals surface area contributed by atoms with Crippen molar-refractivity contribution in [1.82, 2.24) is 9.88 Å². The van der Waals surface area contributed by atoms with Gasteiger partial charge in [0, 0.05) is 35.2 Å². The van der Waals surface area contributed by atoms with Gasteiger partial charge < -0.3 is 9.88 Å². The molecule has 4 heteroatoms. The molecule has 2 rings (SSSR count). The molecule has 1 heterocycles. The maximum atomic E-state index is 12.4. The van der Waals surface area contributed by atoms with Gasteiger partial charge in [0.1, 0.15) is 0 Å². The molecule has 2 aromatic rings. The summed E-state index contributed by atoms with van der Waals surface area (Å²) in [6.07, 6.45) is 0.340. The van der Waals surface area contributed by atoms with Gasteiger partial charge in [-0.1, -0.05) is 0 Å². The average Bonchev–Trinajstić information content (AvgIpc) is 2.72. The summed E-state index contributed by atoms with van der Waals surface area (Å²) in [5.41, 5.74) is 3.99. The topological polar surface area (TPSA) is 59.9 Å². The molecule has 0 aliphatic rings. The third-order valence-corrected chi connectivity index (χ3v) is 3.92. The van der Waals surface area contributed by atoms with E-state index in [0.29, 0.717) is 12.0 Å². The Kier molecular flexibility index (Phi) is 3.80. The zero-order chi connectivity index (χ0) is 14.9. The number of nitriles is 1. The van der Waals surface area contributed by atoms with Crippen LogP contribution in [0.1, 0.15) is 35.0 Å². The lowest BCUT2D eigenvalue weighted by Gasteiger charge is -2.23. The standard InChI is InChI=1S/C16H19N3O/c1-10(7-8-17)19(4)16(20)13-5-6-15-14(9-13)11(2)12(3)18-15/h5-6,9-10,18H,7H2,1-4H3. The van der Waals surface area contributed by atoms with Crippen LogP contribution < -0.4 is 0 Å². The second kappa shape index (κ2) is 5.38. The van der Waals surface area contributed by atoms with Crippen LogP contribution in [-0.4, -0.2) is 28.9 Å². The first-order valence-electron chi connectivity index (χ1n) is 6.68. The Hall–Kier alpha value is -2.28. The Morgan fingerprint density at radius 2 is 2.15 bits per heavy atom. The molecule has 1 N–H and O–H groups in total. The van der Waals surface area contributed by atoms with Crippen LogP contribution in [0.3, 0.4) is 0 Å². The lowest BCUT2D eigenvalue weighted by atomic mass is 10.1. The first kappa shape index (κ1) is 14.1. The fourth-order valence-electron chi connectivity index (χ4n) is 2.27. The molecular weight excluding hydrogens is 250 g/mol. The molecule has 104 valence electrons. The number of hydrogen-bond acceptors (Lipinski definition) is 2. The average molecular weight is 269 g/mol. The predicted molar refractivity (Wildman–Crippen MR) is 79.6 cm³/mol. The Balaban J connectivity index is 2.35. The van der Waals surface area contributed by atoms with Gasteiger partial charge >= 0.3 is 0 Å². The Bertz CT molecular complexity index is 694. The van der Waals surface area contributed by atoms with Crippen LogP contribution in [0.4, 0.5) is 0 Å². The number of carbonyl (C=O) groups excluding carboxylic acids is 1. The first-order valence-corrected chi connectivity index (χ1v) is 6.68. The van der Waals surface area contributed by atoms with Gasteiger partial charge in [-0.05, 0) is 44.5 Å². The number of H-pyrrole nitrogens is 1. The van der Waals surface area contributed by atoms with Crippen LogP contribution >= 0.6 is 0 Å². The van der Waals surface area contributed by atoms with Gasteiger partial charge in [0.05, 0.1) is 12.5 Å². The molecule has 20 heavy (non-hydrogen) atoms. The normalized spacial score (nSPS) is 12.2. The van der Waals surface area contributed by atoms with Gasteiger partial charge in [-0.25, -0.2) is 0 Å². The number of aromatic amines is 1. The Labute approximate surface area is 119 Å². The summed E-state index contributed by atoms with van der Waals surface area (Å²) < 4.78 is 0. The third-order valence-electron chi connectivity index (χ3n) is 3.92. The Morgan fingerprint density at radius 3 is 2.80 bits per heavy atom. The largest absolute Gasteiger partial charge is 0.358 e. The molecule has 1 aromatic heterocycles. The monoisotopic (exact) mass is 269 g/mol. The zero-order valence-corrected chi connectivity index (χ0v) is 12.3. The van der Waals surface area contributed by atoms with Crippen molar-refractivity contribution in [1.29, 1.82) is 5.26 Å². The van der Waals surface area contributed by atoms with Crippen molar-refractivity contribution < 1.29 is 4.79 Å². The molecule has 1 aromatic carbocycles. The van der Waals surface area contributed by atoms with Crippen molar-refractivity contribution in [3.05, 3.63) is 35.0 Å². The number of amides is 1. The van der Waals surface area contributed by atoms with Crippen molar-refractivity contribution >= 4 is 16.8 Å². The molecule has 1 atom stereocenters. The summed E-state index contributed by atoms with van der Waals surface area (Å²) in [5, 5.41) is 9.80. The van der Waals surface area contributed by atoms with Crippen molar-refractivity contribution in [2.45, 2.75) is 33.2 Å². The molecule has 1 amide bonds. The van der Waals surface area contributed by atoms with E-state index in [-0.39, 0.29) is 11.9 Å². The highest BCUT2D eigenvalue weighted by atomic mass is 16.2. The zero-order valence-electron chi connectivity index (χ0n) is 12.3. The lowest BCUT2D eigenvalue weighted by molar-refractivity contribution is 0.0746. The Morgan fingerprint density at radius 1 is 1.45 bits per heavy atom. The van der Waals surface area contributed by atoms with Crippen molar-refractivity contribution in [2.24, 2.45) is 0 Å². The van der Waals surface area contributed by atoms with E-state index in [9.17, 15) is 4.79 Å². The molecule has 0 fully saturated rings. The van der Waals surface area contributed by atoms with Gasteiger partial charge in [0.2, 0.25) is 0 Å². The van der Waals surface area contributed by atoms with E-state index < -0.39 is 0 Å². The molecule has 0 saturated heterocycles. The van der Waals surface area contributed by atoms with Crippen molar-refractivity contribution in [2.75, 3.05) is 7.05 Å². The summed E-state index contributed by atoms with van der Waals surface area (Å²) in [6, 6.07) is 7.70. The minimum absolute atomic E-state index is 0.0482. The summed E-state index contributed by atoms with van der Waals surface area (Å²) >= 11 is 0. The molecular formula is C16H19N3O. The quantitative estimate of drug-likeness (QED) is 0.930. The fraction of sp³-hybridized carbons (Fsp3) is 0.375. The maximum absolute atomic E-state index is 12.4. The molecule has 0 bridgehead atoms. The van der Waals surface area contributed by atoms with Gasteiger partial charge in [0.15, 0.2) is 0 Å². The summed E-state index contributed by atoms with van der Waals surface area (Å²) in [7, 11) is 1.74. The van der Waals surface area contributed by atoms with Gasteiger partial charge in [-0.15, -0.1) is 0 Å². The van der Waals surface area contributed by atoms with Crippen molar-refractivity contribution in [3.8, 4) is 6.07 Å². The van der Waals surface area contributed by atoms with Gasteiger partial charge in [-0.3, -0.25) is 4.79 Å². The number of fused-ring (bicyclic) bond motifs is 1. The second-order valence-corrected chi connectivity index (χ2v) is 5.26. The van der Waals surface area contributed by atoms with Crippen LogP contribution in [0.2, 0.25) is 0 Å². The molecule has 0 aliphatic heterocycles. The SMILES string of the molecule is Cc1[nH]c2ccc(C(=O)N(C)C(C)CC#N)cc2c1C. The molecule has 0 radical (unpaired) electrons. The number of hydrogen-bond donors (Lipinski definition) is 1. The molecule has 0 spiro atoms. The summed E-state index contributed by atoms with van der Waals surface area (Å²) in [6.45, 7) is 5.95. The van der Waals surface area contributed by atoms with E-state index in [1.165, 1.54) is 5.56 Å². The number of aryl methyl sites for hydroxylation is 2. The third kappa shape index (κ3) is 2.39. The van der Waals surface area contributed by atoms with E-state index in [2.05, 4.69) is 11.1 Å². The molecule has 0 saturated carbocycles. The van der Waals surface area contributed by atoms with Crippen LogP contribution in [0.25, 0.3) is 10.9 Å². The number of nitrogens with one attached hydrogen (secondary N) is 1. The number of aromatic nitrogens is 1. The molecule has 0 aliphatic carbocycles. The number of nitrogens with zero attached hydrogens (tertiary/aromatic N) is 2. The second-order valence-electron chi connectivity index (χ2n) is 5.26. The smallest absolute Gasteiger partial charge is 0.253 e. The summed E-state index contributed by atoms with van der Waals surface area (Å²) in [5.74, 6) is -0.0482. The highest BCUT2D eigenvalue weighted by molar-refractivity contribution is 5.99. The number of rotatable bonds is 3. The highest BCUT2D eigenvalue weighted by Crippen LogP contribution is 2.23. The predicted octanol–water partition coefficient (Wildman–Crippen LogP) is 3.16. The number of benzene rings is 1. The van der Waals surface area contributed by atoms with E-state index in [1.54, 1.807) is 11.9 Å². The van der Waals surface area contributed by atoms with E-state index in [0.717, 1.165) is 16.6 Å². The minimum Gasteiger partial charge on any atom is -0.358 e. The maximum Gasteiger partial charge on any atom is 0.253 e. The van der Waals surface area contributed by atoms with E-state index in [1.807, 2.05) is 39.0 Å². The first-order chi connectivity index (χ1) is 9.45. The minimum atomic E-state index is -0.0859. The van der Waals surface area contributed by atoms with Crippen LogP contribution in [0, 0.1) is 25.2 Å². The van der Waals surface area contributed by atoms with Crippen LogP contribution in [-0.2, 0) is 0 Å². The van der Waals surface area contributed by atoms with Crippen LogP contribution in [0.5, 0.6) is 0 Å². The summed E-state index contributed by atoms with van der Waals surface area (Å²) in [4.78, 5) is 17.4. The van der Waals surface area contributed by atoms with Gasteiger partial charge in [-0.2, -0.15) is 5.26 Å². The van der Waals surface area contributed by atoms with Crippen LogP contribution in [0.15, 0.2) is 18.2 Å². The van der Waals surface area contributed by atoms with E-state index >= 15 is 0 Å². The fourth-order valence-corrected chi connectivity index (χ4v) is 2.27.